The zero-order chi connectivity index (χ0) is 12.1. The Labute approximate surface area is 115 Å². The predicted molar refractivity (Wildman–Crippen MR) is 78.3 cm³/mol. The van der Waals surface area contributed by atoms with Crippen LogP contribution in [0, 0.1) is 3.57 Å². The third-order valence-electron chi connectivity index (χ3n) is 2.65. The summed E-state index contributed by atoms with van der Waals surface area (Å²) in [5.74, 6) is 0.212. The molecule has 2 aromatic carbocycles. The van der Waals surface area contributed by atoms with Crippen molar-refractivity contribution in [2.75, 3.05) is 0 Å². The summed E-state index contributed by atoms with van der Waals surface area (Å²) in [6.07, 6.45) is 1.38. The van der Waals surface area contributed by atoms with Crippen LogP contribution in [0.1, 0.15) is 22.3 Å². The molecule has 0 bridgehead atoms. The normalized spacial score (nSPS) is 10.2. The number of ketones is 1. The lowest BCUT2D eigenvalue weighted by atomic mass is 10.0. The van der Waals surface area contributed by atoms with Gasteiger partial charge in [0.05, 0.1) is 0 Å². The van der Waals surface area contributed by atoms with E-state index in [1.165, 1.54) is 9.13 Å². The Bertz CT molecular complexity index is 488. The minimum atomic E-state index is 0.212. The molecule has 0 atom stereocenters. The molecule has 0 unspecified atom stereocenters. The summed E-state index contributed by atoms with van der Waals surface area (Å²) in [4.78, 5) is 11.9. The van der Waals surface area contributed by atoms with Crippen molar-refractivity contribution in [1.29, 1.82) is 0 Å². The molecule has 0 aliphatic heterocycles. The van der Waals surface area contributed by atoms with Crippen LogP contribution >= 0.6 is 22.6 Å². The molecular weight excluding hydrogens is 323 g/mol. The van der Waals surface area contributed by atoms with Crippen molar-refractivity contribution >= 4 is 28.4 Å². The van der Waals surface area contributed by atoms with Gasteiger partial charge in [0.2, 0.25) is 0 Å². The van der Waals surface area contributed by atoms with Crippen molar-refractivity contribution in [2.24, 2.45) is 0 Å². The fourth-order valence-corrected chi connectivity index (χ4v) is 2.04. The van der Waals surface area contributed by atoms with Crippen LogP contribution in [0.25, 0.3) is 0 Å². The quantitative estimate of drug-likeness (QED) is 0.607. The Morgan fingerprint density at radius 1 is 0.941 bits per heavy atom. The van der Waals surface area contributed by atoms with E-state index in [4.69, 9.17) is 0 Å². The molecule has 0 aromatic heterocycles. The molecule has 0 aliphatic rings. The number of carbonyl (C=O) groups is 1. The van der Waals surface area contributed by atoms with Gasteiger partial charge in [-0.3, -0.25) is 4.79 Å². The second-order valence-electron chi connectivity index (χ2n) is 3.92. The first-order chi connectivity index (χ1) is 8.25. The molecule has 0 amide bonds. The van der Waals surface area contributed by atoms with Crippen molar-refractivity contribution in [3.63, 3.8) is 0 Å². The Kier molecular flexibility index (Phi) is 4.31. The average molecular weight is 336 g/mol. The highest BCUT2D eigenvalue weighted by Gasteiger charge is 2.04. The van der Waals surface area contributed by atoms with E-state index in [1.807, 2.05) is 30.3 Å². The second-order valence-corrected chi connectivity index (χ2v) is 5.16. The standard InChI is InChI=1S/C15H13IO/c16-14-9-6-12(7-10-14)8-11-15(17)13-4-2-1-3-5-13/h1-7,9-10H,8,11H2. The topological polar surface area (TPSA) is 17.1 Å². The molecule has 2 aromatic rings. The SMILES string of the molecule is O=C(CCc1ccc(I)cc1)c1ccccc1. The number of benzene rings is 2. The fraction of sp³-hybridized carbons (Fsp3) is 0.133. The van der Waals surface area contributed by atoms with E-state index in [9.17, 15) is 4.79 Å². The number of carbonyl (C=O) groups excluding carboxylic acids is 1. The first kappa shape index (κ1) is 12.3. The van der Waals surface area contributed by atoms with Crippen LogP contribution < -0.4 is 0 Å². The molecule has 0 N–H and O–H groups in total. The Balaban J connectivity index is 1.95. The van der Waals surface area contributed by atoms with Gasteiger partial charge in [0.25, 0.3) is 0 Å². The fourth-order valence-electron chi connectivity index (χ4n) is 1.68. The van der Waals surface area contributed by atoms with E-state index >= 15 is 0 Å². The molecule has 0 saturated carbocycles. The first-order valence-electron chi connectivity index (χ1n) is 5.58. The Morgan fingerprint density at radius 2 is 1.59 bits per heavy atom. The van der Waals surface area contributed by atoms with Gasteiger partial charge >= 0.3 is 0 Å². The number of Topliss-reactive ketones (excluding diaryl/α,β-unsaturated/α-hetero) is 1. The maximum absolute atomic E-state index is 11.9. The van der Waals surface area contributed by atoms with E-state index in [1.54, 1.807) is 0 Å². The summed E-state index contributed by atoms with van der Waals surface area (Å²) < 4.78 is 1.22. The monoisotopic (exact) mass is 336 g/mol. The summed E-state index contributed by atoms with van der Waals surface area (Å²) in [5.41, 5.74) is 2.02. The third kappa shape index (κ3) is 3.66. The van der Waals surface area contributed by atoms with Crippen LogP contribution in [0.15, 0.2) is 54.6 Å². The van der Waals surface area contributed by atoms with E-state index in [2.05, 4.69) is 46.9 Å². The number of aryl methyl sites for hydroxylation is 1. The maximum atomic E-state index is 11.9. The molecule has 0 aliphatic carbocycles. The van der Waals surface area contributed by atoms with Gasteiger partial charge < -0.3 is 0 Å². The third-order valence-corrected chi connectivity index (χ3v) is 3.37. The van der Waals surface area contributed by atoms with Gasteiger partial charge in [0.15, 0.2) is 5.78 Å². The summed E-state index contributed by atoms with van der Waals surface area (Å²) >= 11 is 2.28. The molecular formula is C15H13IO. The molecule has 0 heterocycles. The van der Waals surface area contributed by atoms with Gasteiger partial charge in [-0.25, -0.2) is 0 Å². The van der Waals surface area contributed by atoms with Gasteiger partial charge in [-0.15, -0.1) is 0 Å². The minimum Gasteiger partial charge on any atom is -0.294 e. The zero-order valence-electron chi connectivity index (χ0n) is 9.40. The molecule has 2 rings (SSSR count). The van der Waals surface area contributed by atoms with Crippen LogP contribution in [-0.4, -0.2) is 5.78 Å². The molecule has 2 heteroatoms. The molecule has 0 saturated heterocycles. The molecule has 86 valence electrons. The number of hydrogen-bond acceptors (Lipinski definition) is 1. The van der Waals surface area contributed by atoms with Crippen LogP contribution in [0.5, 0.6) is 0 Å². The average Bonchev–Trinajstić information content (AvgIpc) is 2.39. The summed E-state index contributed by atoms with van der Waals surface area (Å²) in [6.45, 7) is 0. The molecule has 17 heavy (non-hydrogen) atoms. The largest absolute Gasteiger partial charge is 0.294 e. The van der Waals surface area contributed by atoms with Crippen LogP contribution in [0.3, 0.4) is 0 Å². The molecule has 1 nitrogen and oxygen atoms in total. The van der Waals surface area contributed by atoms with Crippen molar-refractivity contribution in [3.05, 3.63) is 69.3 Å². The minimum absolute atomic E-state index is 0.212. The van der Waals surface area contributed by atoms with Crippen LogP contribution in [0.2, 0.25) is 0 Å². The molecule has 0 fully saturated rings. The highest BCUT2D eigenvalue weighted by atomic mass is 127. The van der Waals surface area contributed by atoms with Gasteiger partial charge in [-0.2, -0.15) is 0 Å². The van der Waals surface area contributed by atoms with E-state index < -0.39 is 0 Å². The lowest BCUT2D eigenvalue weighted by molar-refractivity contribution is 0.0983. The van der Waals surface area contributed by atoms with Gasteiger partial charge in [0.1, 0.15) is 0 Å². The maximum Gasteiger partial charge on any atom is 0.163 e. The molecule has 0 spiro atoms. The van der Waals surface area contributed by atoms with E-state index in [0.29, 0.717) is 6.42 Å². The lowest BCUT2D eigenvalue weighted by Gasteiger charge is -2.02. The predicted octanol–water partition coefficient (Wildman–Crippen LogP) is 4.11. The van der Waals surface area contributed by atoms with Gasteiger partial charge in [0, 0.05) is 15.6 Å². The Hall–Kier alpha value is -1.16. The van der Waals surface area contributed by atoms with Crippen LogP contribution in [-0.2, 0) is 6.42 Å². The summed E-state index contributed by atoms with van der Waals surface area (Å²) in [5, 5.41) is 0. The van der Waals surface area contributed by atoms with Crippen molar-refractivity contribution in [3.8, 4) is 0 Å². The Morgan fingerprint density at radius 3 is 2.24 bits per heavy atom. The second kappa shape index (κ2) is 5.96. The number of halogens is 1. The van der Waals surface area contributed by atoms with Gasteiger partial charge in [-0.05, 0) is 46.7 Å². The van der Waals surface area contributed by atoms with Crippen molar-refractivity contribution in [1.82, 2.24) is 0 Å². The summed E-state index contributed by atoms with van der Waals surface area (Å²) in [6, 6.07) is 17.8. The van der Waals surface area contributed by atoms with Crippen LogP contribution in [0.4, 0.5) is 0 Å². The first-order valence-corrected chi connectivity index (χ1v) is 6.66. The highest BCUT2D eigenvalue weighted by molar-refractivity contribution is 14.1. The van der Waals surface area contributed by atoms with Crippen molar-refractivity contribution < 1.29 is 4.79 Å². The zero-order valence-corrected chi connectivity index (χ0v) is 11.6. The van der Waals surface area contributed by atoms with Crippen molar-refractivity contribution in [2.45, 2.75) is 12.8 Å². The van der Waals surface area contributed by atoms with Gasteiger partial charge in [-0.1, -0.05) is 42.5 Å². The number of hydrogen-bond donors (Lipinski definition) is 0. The lowest BCUT2D eigenvalue weighted by Crippen LogP contribution is -2.00. The number of rotatable bonds is 4. The van der Waals surface area contributed by atoms with E-state index in [0.717, 1.165) is 12.0 Å². The summed E-state index contributed by atoms with van der Waals surface area (Å²) in [7, 11) is 0. The smallest absolute Gasteiger partial charge is 0.163 e. The van der Waals surface area contributed by atoms with E-state index in [-0.39, 0.29) is 5.78 Å². The molecule has 0 radical (unpaired) electrons. The highest BCUT2D eigenvalue weighted by Crippen LogP contribution is 2.11.